The van der Waals surface area contributed by atoms with Gasteiger partial charge in [0, 0.05) is 0 Å². The lowest BCUT2D eigenvalue weighted by atomic mass is 10.1. The highest BCUT2D eigenvalue weighted by Crippen LogP contribution is 2.35. The molecule has 0 N–H and O–H groups in total. The topological polar surface area (TPSA) is 46.6 Å². The van der Waals surface area contributed by atoms with Gasteiger partial charge in [0.1, 0.15) is 10.8 Å². The molecular weight excluding hydrogens is 386 g/mol. The maximum Gasteiger partial charge on any atom is 0.277 e. The molecule has 1 heterocycles. The van der Waals surface area contributed by atoms with E-state index in [9.17, 15) is 9.59 Å². The number of halogens is 1. The SMILES string of the molecule is CCCCc1ccc(N2C(=O)C(Cl)=C(c3ccc(OCC(C)C)cc3)C2=O)cc1. The maximum atomic E-state index is 13.0. The van der Waals surface area contributed by atoms with Gasteiger partial charge in [-0.05, 0) is 54.2 Å². The number of hydrogen-bond acceptors (Lipinski definition) is 3. The minimum absolute atomic E-state index is 0.0547. The molecule has 0 aromatic heterocycles. The summed E-state index contributed by atoms with van der Waals surface area (Å²) in [6.07, 6.45) is 3.21. The van der Waals surface area contributed by atoms with Crippen molar-refractivity contribution >= 4 is 34.7 Å². The van der Waals surface area contributed by atoms with Crippen molar-refractivity contribution in [3.05, 3.63) is 64.7 Å². The van der Waals surface area contributed by atoms with Gasteiger partial charge in [-0.15, -0.1) is 0 Å². The van der Waals surface area contributed by atoms with Crippen LogP contribution in [0.5, 0.6) is 5.75 Å². The van der Waals surface area contributed by atoms with Crippen molar-refractivity contribution in [1.29, 1.82) is 0 Å². The average molecular weight is 412 g/mol. The Kier molecular flexibility index (Phi) is 6.75. The Morgan fingerprint density at radius 1 is 0.966 bits per heavy atom. The molecule has 0 bridgehead atoms. The Balaban J connectivity index is 1.79. The van der Waals surface area contributed by atoms with Crippen LogP contribution in [0.25, 0.3) is 5.57 Å². The lowest BCUT2D eigenvalue weighted by Gasteiger charge is -2.15. The number of ether oxygens (including phenoxy) is 1. The Morgan fingerprint density at radius 2 is 1.62 bits per heavy atom. The predicted octanol–water partition coefficient (Wildman–Crippen LogP) is 5.59. The van der Waals surface area contributed by atoms with Crippen LogP contribution < -0.4 is 9.64 Å². The fraction of sp³-hybridized carbons (Fsp3) is 0.333. The second-order valence-electron chi connectivity index (χ2n) is 7.63. The first kappa shape index (κ1) is 21.1. The molecule has 0 saturated carbocycles. The van der Waals surface area contributed by atoms with Gasteiger partial charge in [0.25, 0.3) is 11.8 Å². The van der Waals surface area contributed by atoms with Crippen LogP contribution >= 0.6 is 11.6 Å². The number of rotatable bonds is 8. The van der Waals surface area contributed by atoms with E-state index in [1.54, 1.807) is 36.4 Å². The molecule has 4 nitrogen and oxygen atoms in total. The van der Waals surface area contributed by atoms with Gasteiger partial charge in [-0.25, -0.2) is 4.90 Å². The Bertz CT molecular complexity index is 914. The second kappa shape index (κ2) is 9.27. The third-order valence-electron chi connectivity index (χ3n) is 4.77. The lowest BCUT2D eigenvalue weighted by molar-refractivity contribution is -0.119. The second-order valence-corrected chi connectivity index (χ2v) is 8.01. The number of hydrogen-bond donors (Lipinski definition) is 0. The third-order valence-corrected chi connectivity index (χ3v) is 5.12. The van der Waals surface area contributed by atoms with E-state index in [4.69, 9.17) is 16.3 Å². The summed E-state index contributed by atoms with van der Waals surface area (Å²) in [6.45, 7) is 6.91. The standard InChI is InChI=1S/C24H26ClNO3/c1-4-5-6-17-7-11-19(12-8-17)26-23(27)21(22(25)24(26)28)18-9-13-20(14-10-18)29-15-16(2)3/h7-14,16H,4-6,15H2,1-3H3. The first-order chi connectivity index (χ1) is 13.9. The highest BCUT2D eigenvalue weighted by molar-refractivity contribution is 6.60. The van der Waals surface area contributed by atoms with E-state index in [0.29, 0.717) is 23.8 Å². The number of unbranched alkanes of at least 4 members (excludes halogenated alkanes) is 1. The zero-order valence-corrected chi connectivity index (χ0v) is 17.8. The van der Waals surface area contributed by atoms with E-state index in [2.05, 4.69) is 20.8 Å². The van der Waals surface area contributed by atoms with Crippen LogP contribution in [-0.2, 0) is 16.0 Å². The monoisotopic (exact) mass is 411 g/mol. The molecular formula is C24H26ClNO3. The molecule has 0 saturated heterocycles. The van der Waals surface area contributed by atoms with Crippen LogP contribution in [0, 0.1) is 5.92 Å². The van der Waals surface area contributed by atoms with Crippen LogP contribution in [0.15, 0.2) is 53.6 Å². The van der Waals surface area contributed by atoms with E-state index in [1.807, 2.05) is 12.1 Å². The molecule has 2 amide bonds. The Labute approximate surface area is 177 Å². The van der Waals surface area contributed by atoms with Crippen molar-refractivity contribution in [2.75, 3.05) is 11.5 Å². The summed E-state index contributed by atoms with van der Waals surface area (Å²) in [7, 11) is 0. The smallest absolute Gasteiger partial charge is 0.277 e. The van der Waals surface area contributed by atoms with Gasteiger partial charge in [0.15, 0.2) is 0 Å². The van der Waals surface area contributed by atoms with Gasteiger partial charge in [0.2, 0.25) is 0 Å². The number of carbonyl (C=O) groups excluding carboxylic acids is 2. The van der Waals surface area contributed by atoms with Gasteiger partial charge >= 0.3 is 0 Å². The van der Waals surface area contributed by atoms with E-state index in [0.717, 1.165) is 29.9 Å². The van der Waals surface area contributed by atoms with Crippen molar-refractivity contribution in [1.82, 2.24) is 0 Å². The number of anilines is 1. The van der Waals surface area contributed by atoms with Gasteiger partial charge in [-0.3, -0.25) is 9.59 Å². The summed E-state index contributed by atoms with van der Waals surface area (Å²) in [5.74, 6) is 0.239. The van der Waals surface area contributed by atoms with Crippen molar-refractivity contribution < 1.29 is 14.3 Å². The molecule has 0 unspecified atom stereocenters. The summed E-state index contributed by atoms with van der Waals surface area (Å²) >= 11 is 6.28. The Hall–Kier alpha value is -2.59. The molecule has 0 fully saturated rings. The highest BCUT2D eigenvalue weighted by atomic mass is 35.5. The number of imide groups is 1. The van der Waals surface area contributed by atoms with Gasteiger partial charge in [0.05, 0.1) is 17.9 Å². The normalized spacial score (nSPS) is 14.3. The van der Waals surface area contributed by atoms with Crippen LogP contribution in [0.4, 0.5) is 5.69 Å². The van der Waals surface area contributed by atoms with Crippen molar-refractivity contribution in [2.24, 2.45) is 5.92 Å². The van der Waals surface area contributed by atoms with Crippen molar-refractivity contribution in [3.63, 3.8) is 0 Å². The molecule has 0 spiro atoms. The summed E-state index contributed by atoms with van der Waals surface area (Å²) in [4.78, 5) is 26.9. The summed E-state index contributed by atoms with van der Waals surface area (Å²) in [6, 6.07) is 14.6. The van der Waals surface area contributed by atoms with Crippen LogP contribution in [-0.4, -0.2) is 18.4 Å². The van der Waals surface area contributed by atoms with E-state index in [-0.39, 0.29) is 10.6 Å². The van der Waals surface area contributed by atoms with Crippen molar-refractivity contribution in [2.45, 2.75) is 40.0 Å². The summed E-state index contributed by atoms with van der Waals surface area (Å²) < 4.78 is 5.68. The Morgan fingerprint density at radius 3 is 2.21 bits per heavy atom. The average Bonchev–Trinajstić information content (AvgIpc) is 2.94. The quantitative estimate of drug-likeness (QED) is 0.532. The zero-order valence-electron chi connectivity index (χ0n) is 17.1. The van der Waals surface area contributed by atoms with Crippen LogP contribution in [0.3, 0.4) is 0 Å². The molecule has 5 heteroatoms. The fourth-order valence-electron chi connectivity index (χ4n) is 3.16. The van der Waals surface area contributed by atoms with E-state index in [1.165, 1.54) is 5.56 Å². The zero-order chi connectivity index (χ0) is 21.0. The molecule has 2 aromatic carbocycles. The minimum atomic E-state index is -0.492. The molecule has 0 atom stereocenters. The van der Waals surface area contributed by atoms with Gasteiger partial charge < -0.3 is 4.74 Å². The minimum Gasteiger partial charge on any atom is -0.493 e. The molecule has 3 rings (SSSR count). The fourth-order valence-corrected chi connectivity index (χ4v) is 3.44. The van der Waals surface area contributed by atoms with Gasteiger partial charge in [-0.2, -0.15) is 0 Å². The molecule has 152 valence electrons. The molecule has 1 aliphatic heterocycles. The number of amides is 2. The van der Waals surface area contributed by atoms with Crippen molar-refractivity contribution in [3.8, 4) is 5.75 Å². The van der Waals surface area contributed by atoms with Crippen LogP contribution in [0.1, 0.15) is 44.7 Å². The summed E-state index contributed by atoms with van der Waals surface area (Å²) in [5, 5.41) is -0.0547. The third kappa shape index (κ3) is 4.70. The molecule has 0 radical (unpaired) electrons. The molecule has 2 aromatic rings. The first-order valence-corrected chi connectivity index (χ1v) is 10.4. The lowest BCUT2D eigenvalue weighted by Crippen LogP contribution is -2.31. The van der Waals surface area contributed by atoms with E-state index >= 15 is 0 Å². The highest BCUT2D eigenvalue weighted by Gasteiger charge is 2.39. The van der Waals surface area contributed by atoms with Crippen LogP contribution in [0.2, 0.25) is 0 Å². The number of benzene rings is 2. The number of carbonyl (C=O) groups is 2. The largest absolute Gasteiger partial charge is 0.493 e. The molecule has 29 heavy (non-hydrogen) atoms. The number of nitrogens with zero attached hydrogens (tertiary/aromatic N) is 1. The first-order valence-electron chi connectivity index (χ1n) is 10.0. The number of aryl methyl sites for hydroxylation is 1. The maximum absolute atomic E-state index is 13.0. The summed E-state index contributed by atoms with van der Waals surface area (Å²) in [5.41, 5.74) is 2.55. The van der Waals surface area contributed by atoms with E-state index < -0.39 is 11.8 Å². The predicted molar refractivity (Wildman–Crippen MR) is 117 cm³/mol. The molecule has 0 aliphatic carbocycles. The van der Waals surface area contributed by atoms with Gasteiger partial charge in [-0.1, -0.05) is 63.1 Å². The molecule has 1 aliphatic rings.